The van der Waals surface area contributed by atoms with Gasteiger partial charge in [-0.2, -0.15) is 0 Å². The lowest BCUT2D eigenvalue weighted by atomic mass is 10.1. The van der Waals surface area contributed by atoms with E-state index in [2.05, 4.69) is 19.6 Å². The Morgan fingerprint density at radius 2 is 1.85 bits per heavy atom. The molecule has 102 valence electrons. The summed E-state index contributed by atoms with van der Waals surface area (Å²) in [5.41, 5.74) is 8.32. The summed E-state index contributed by atoms with van der Waals surface area (Å²) in [6.45, 7) is -0.292. The fraction of sp³-hybridized carbons (Fsp3) is 0.182. The van der Waals surface area contributed by atoms with Crippen LogP contribution in [0.4, 0.5) is 4.79 Å². The van der Waals surface area contributed by atoms with Gasteiger partial charge in [0.1, 0.15) is 6.61 Å². The molecule has 1 aromatic rings. The third-order valence-corrected chi connectivity index (χ3v) is 2.40. The summed E-state index contributed by atoms with van der Waals surface area (Å²) < 4.78 is 4.53. The summed E-state index contributed by atoms with van der Waals surface area (Å²) in [5, 5.41) is 3.47. The van der Waals surface area contributed by atoms with E-state index in [1.807, 2.05) is 0 Å². The van der Waals surface area contributed by atoms with Crippen molar-refractivity contribution in [1.29, 1.82) is 0 Å². The fourth-order valence-electron chi connectivity index (χ4n) is 1.57. The molecule has 20 heavy (non-hydrogen) atoms. The number of azide groups is 1. The van der Waals surface area contributed by atoms with Crippen LogP contribution in [0.3, 0.4) is 0 Å². The molecule has 0 aromatic heterocycles. The molecule has 0 fully saturated rings. The standard InChI is InChI=1S/C11H8N4O5/c12-14-13-5-6-19-11(18)20-15-9(16)7-3-1-2-4-8(7)10(15)17/h1-4H,5-6H2. The number of carbonyl (C=O) groups excluding carboxylic acids is 3. The molecule has 1 heterocycles. The quantitative estimate of drug-likeness (QED) is 0.207. The third kappa shape index (κ3) is 2.52. The number of hydrogen-bond acceptors (Lipinski definition) is 6. The van der Waals surface area contributed by atoms with Gasteiger partial charge in [0.05, 0.1) is 17.7 Å². The number of imide groups is 1. The van der Waals surface area contributed by atoms with Crippen LogP contribution in [0, 0.1) is 0 Å². The summed E-state index contributed by atoms with van der Waals surface area (Å²) in [4.78, 5) is 41.9. The molecule has 9 heteroatoms. The van der Waals surface area contributed by atoms with Crippen LogP contribution in [0.5, 0.6) is 0 Å². The third-order valence-electron chi connectivity index (χ3n) is 2.40. The first kappa shape index (κ1) is 13.4. The van der Waals surface area contributed by atoms with Crippen molar-refractivity contribution in [3.8, 4) is 0 Å². The van der Waals surface area contributed by atoms with Gasteiger partial charge in [0.2, 0.25) is 0 Å². The molecule has 1 aliphatic heterocycles. The minimum atomic E-state index is -1.23. The number of fused-ring (bicyclic) bond motifs is 1. The van der Waals surface area contributed by atoms with Crippen LogP contribution in [0.25, 0.3) is 10.4 Å². The first-order valence-electron chi connectivity index (χ1n) is 5.48. The molecule has 2 rings (SSSR count). The summed E-state index contributed by atoms with van der Waals surface area (Å²) >= 11 is 0. The lowest BCUT2D eigenvalue weighted by Gasteiger charge is -2.11. The molecule has 0 saturated heterocycles. The average molecular weight is 276 g/mol. The molecule has 1 aromatic carbocycles. The molecule has 9 nitrogen and oxygen atoms in total. The Morgan fingerprint density at radius 3 is 2.40 bits per heavy atom. The zero-order valence-corrected chi connectivity index (χ0v) is 10.1. The molecule has 2 amide bonds. The van der Waals surface area contributed by atoms with E-state index in [1.54, 1.807) is 12.1 Å². The van der Waals surface area contributed by atoms with Gasteiger partial charge >= 0.3 is 6.16 Å². The van der Waals surface area contributed by atoms with Crippen LogP contribution in [0.1, 0.15) is 20.7 Å². The van der Waals surface area contributed by atoms with Gasteiger partial charge in [-0.25, -0.2) is 4.79 Å². The van der Waals surface area contributed by atoms with Gasteiger partial charge in [0.15, 0.2) is 0 Å². The normalized spacial score (nSPS) is 12.7. The monoisotopic (exact) mass is 276 g/mol. The van der Waals surface area contributed by atoms with Crippen LogP contribution in [0.2, 0.25) is 0 Å². The smallest absolute Gasteiger partial charge is 0.433 e. The first-order chi connectivity index (χ1) is 9.65. The Hall–Kier alpha value is -3.06. The lowest BCUT2D eigenvalue weighted by Crippen LogP contribution is -2.33. The zero-order chi connectivity index (χ0) is 14.5. The SMILES string of the molecule is [N-]=[N+]=NCCOC(=O)ON1C(=O)c2ccccc2C1=O. The number of amides is 2. The fourth-order valence-corrected chi connectivity index (χ4v) is 1.57. The van der Waals surface area contributed by atoms with Crippen LogP contribution < -0.4 is 0 Å². The molecule has 0 atom stereocenters. The van der Waals surface area contributed by atoms with E-state index in [4.69, 9.17) is 5.53 Å². The number of rotatable bonds is 4. The lowest BCUT2D eigenvalue weighted by molar-refractivity contribution is -0.0734. The zero-order valence-electron chi connectivity index (χ0n) is 10.1. The van der Waals surface area contributed by atoms with Crippen LogP contribution in [-0.4, -0.2) is 36.2 Å². The second-order valence-corrected chi connectivity index (χ2v) is 3.59. The van der Waals surface area contributed by atoms with Gasteiger partial charge in [0.25, 0.3) is 11.8 Å². The van der Waals surface area contributed by atoms with Crippen LogP contribution in [-0.2, 0) is 9.57 Å². The Labute approximate surface area is 112 Å². The van der Waals surface area contributed by atoms with Crippen LogP contribution in [0.15, 0.2) is 29.4 Å². The maximum absolute atomic E-state index is 11.8. The van der Waals surface area contributed by atoms with Crippen molar-refractivity contribution in [1.82, 2.24) is 5.06 Å². The predicted molar refractivity (Wildman–Crippen MR) is 63.4 cm³/mol. The summed E-state index contributed by atoms with van der Waals surface area (Å²) in [5.74, 6) is -1.48. The van der Waals surface area contributed by atoms with E-state index in [-0.39, 0.29) is 24.3 Å². The Bertz CT molecular complexity index is 588. The van der Waals surface area contributed by atoms with E-state index in [1.165, 1.54) is 12.1 Å². The number of ether oxygens (including phenoxy) is 1. The minimum Gasteiger partial charge on any atom is -0.433 e. The molecule has 0 radical (unpaired) electrons. The summed E-state index contributed by atoms with van der Waals surface area (Å²) in [7, 11) is 0. The minimum absolute atomic E-state index is 0.0757. The van der Waals surface area contributed by atoms with Gasteiger partial charge < -0.3 is 4.74 Å². The number of hydroxylamine groups is 2. The number of hydrogen-bond donors (Lipinski definition) is 0. The van der Waals surface area contributed by atoms with Gasteiger partial charge in [-0.15, -0.1) is 0 Å². The highest BCUT2D eigenvalue weighted by Crippen LogP contribution is 2.22. The molecule has 0 N–H and O–H groups in total. The number of nitrogens with zero attached hydrogens (tertiary/aromatic N) is 4. The van der Waals surface area contributed by atoms with E-state index < -0.39 is 18.0 Å². The van der Waals surface area contributed by atoms with Gasteiger partial charge in [0, 0.05) is 4.91 Å². The van der Waals surface area contributed by atoms with E-state index >= 15 is 0 Å². The van der Waals surface area contributed by atoms with Crippen molar-refractivity contribution in [2.45, 2.75) is 0 Å². The topological polar surface area (TPSA) is 122 Å². The average Bonchev–Trinajstić information content (AvgIpc) is 2.69. The summed E-state index contributed by atoms with van der Waals surface area (Å²) in [6.07, 6.45) is -1.23. The molecule has 0 saturated carbocycles. The van der Waals surface area contributed by atoms with Gasteiger partial charge in [-0.05, 0) is 17.7 Å². The molecule has 0 bridgehead atoms. The Morgan fingerprint density at radius 1 is 1.25 bits per heavy atom. The molecule has 0 spiro atoms. The number of benzene rings is 1. The Balaban J connectivity index is 1.98. The maximum Gasteiger partial charge on any atom is 0.533 e. The molecular formula is C11H8N4O5. The second kappa shape index (κ2) is 5.72. The van der Waals surface area contributed by atoms with Crippen molar-refractivity contribution < 1.29 is 24.0 Å². The molecule has 1 aliphatic rings. The van der Waals surface area contributed by atoms with E-state index in [0.29, 0.717) is 5.06 Å². The summed E-state index contributed by atoms with van der Waals surface area (Å²) in [6, 6.07) is 6.08. The van der Waals surface area contributed by atoms with Crippen molar-refractivity contribution in [2.75, 3.05) is 13.2 Å². The van der Waals surface area contributed by atoms with E-state index in [9.17, 15) is 14.4 Å². The molecule has 0 unspecified atom stereocenters. The van der Waals surface area contributed by atoms with E-state index in [0.717, 1.165) is 0 Å². The molecule has 0 aliphatic carbocycles. The predicted octanol–water partition coefficient (Wildman–Crippen LogP) is 1.66. The number of carbonyl (C=O) groups is 3. The second-order valence-electron chi connectivity index (χ2n) is 3.59. The highest BCUT2D eigenvalue weighted by atomic mass is 16.8. The Kier molecular flexibility index (Phi) is 3.82. The largest absolute Gasteiger partial charge is 0.533 e. The van der Waals surface area contributed by atoms with Crippen molar-refractivity contribution >= 4 is 18.0 Å². The first-order valence-corrected chi connectivity index (χ1v) is 5.48. The van der Waals surface area contributed by atoms with Crippen molar-refractivity contribution in [3.63, 3.8) is 0 Å². The van der Waals surface area contributed by atoms with Gasteiger partial charge in [-0.1, -0.05) is 22.3 Å². The van der Waals surface area contributed by atoms with Crippen molar-refractivity contribution in [3.05, 3.63) is 45.8 Å². The van der Waals surface area contributed by atoms with Crippen LogP contribution >= 0.6 is 0 Å². The molecular weight excluding hydrogens is 268 g/mol. The van der Waals surface area contributed by atoms with Gasteiger partial charge in [-0.3, -0.25) is 14.4 Å². The maximum atomic E-state index is 11.8. The highest BCUT2D eigenvalue weighted by molar-refractivity contribution is 6.20. The highest BCUT2D eigenvalue weighted by Gasteiger charge is 2.38. The van der Waals surface area contributed by atoms with Crippen molar-refractivity contribution in [2.24, 2.45) is 5.11 Å².